The number of furan rings is 1. The fourth-order valence-corrected chi connectivity index (χ4v) is 3.88. The topological polar surface area (TPSA) is 53.7 Å². The molecule has 2 aromatic rings. The lowest BCUT2D eigenvalue weighted by Crippen LogP contribution is -2.38. The van der Waals surface area contributed by atoms with Crippen LogP contribution in [0.1, 0.15) is 34.4 Å². The summed E-state index contributed by atoms with van der Waals surface area (Å²) in [5.74, 6) is 0.0762. The number of hydrogen-bond acceptors (Lipinski definition) is 4. The highest BCUT2D eigenvalue weighted by Gasteiger charge is 2.38. The molecule has 0 saturated carbocycles. The molecule has 0 aromatic carbocycles. The SMILES string of the molecule is Cc1ccc(C(c2ccco2)N2CCCC2C(=O)O)s1. The molecule has 0 spiro atoms. The summed E-state index contributed by atoms with van der Waals surface area (Å²) in [6, 6.07) is 7.41. The summed E-state index contributed by atoms with van der Waals surface area (Å²) in [6.07, 6.45) is 3.27. The second-order valence-electron chi connectivity index (χ2n) is 5.10. The van der Waals surface area contributed by atoms with Gasteiger partial charge in [-0.3, -0.25) is 9.69 Å². The predicted octanol–water partition coefficient (Wildman–Crippen LogP) is 3.29. The molecule has 0 radical (unpaired) electrons. The van der Waals surface area contributed by atoms with Crippen LogP contribution < -0.4 is 0 Å². The van der Waals surface area contributed by atoms with Gasteiger partial charge in [0.1, 0.15) is 17.8 Å². The summed E-state index contributed by atoms with van der Waals surface area (Å²) in [5, 5.41) is 9.41. The first-order valence-electron chi connectivity index (χ1n) is 6.75. The van der Waals surface area contributed by atoms with Gasteiger partial charge in [0.15, 0.2) is 0 Å². The lowest BCUT2D eigenvalue weighted by molar-refractivity contribution is -0.142. The van der Waals surface area contributed by atoms with Gasteiger partial charge in [0.2, 0.25) is 0 Å². The highest BCUT2D eigenvalue weighted by molar-refractivity contribution is 7.12. The van der Waals surface area contributed by atoms with E-state index in [-0.39, 0.29) is 6.04 Å². The van der Waals surface area contributed by atoms with E-state index in [0.717, 1.165) is 23.6 Å². The van der Waals surface area contributed by atoms with Crippen molar-refractivity contribution in [1.29, 1.82) is 0 Å². The average Bonchev–Trinajstić information content (AvgIpc) is 3.12. The van der Waals surface area contributed by atoms with Gasteiger partial charge in [-0.15, -0.1) is 11.3 Å². The number of carboxylic acids is 1. The van der Waals surface area contributed by atoms with E-state index in [0.29, 0.717) is 6.42 Å². The molecule has 3 rings (SSSR count). The molecule has 5 heteroatoms. The summed E-state index contributed by atoms with van der Waals surface area (Å²) in [4.78, 5) is 15.9. The third kappa shape index (κ3) is 2.39. The second-order valence-corrected chi connectivity index (χ2v) is 6.42. The van der Waals surface area contributed by atoms with Gasteiger partial charge in [0.05, 0.1) is 6.26 Å². The van der Waals surface area contributed by atoms with Crippen LogP contribution >= 0.6 is 11.3 Å². The highest BCUT2D eigenvalue weighted by Crippen LogP contribution is 2.38. The monoisotopic (exact) mass is 291 g/mol. The zero-order valence-electron chi connectivity index (χ0n) is 11.3. The van der Waals surface area contributed by atoms with Crippen LogP contribution in [0.4, 0.5) is 0 Å². The number of carbonyl (C=O) groups is 1. The van der Waals surface area contributed by atoms with Gasteiger partial charge in [0.25, 0.3) is 0 Å². The summed E-state index contributed by atoms with van der Waals surface area (Å²) < 4.78 is 5.57. The first kappa shape index (κ1) is 13.4. The van der Waals surface area contributed by atoms with Crippen LogP contribution in [-0.4, -0.2) is 28.6 Å². The van der Waals surface area contributed by atoms with Crippen molar-refractivity contribution in [3.63, 3.8) is 0 Å². The van der Waals surface area contributed by atoms with Gasteiger partial charge in [0, 0.05) is 16.3 Å². The van der Waals surface area contributed by atoms with E-state index >= 15 is 0 Å². The Labute approximate surface area is 121 Å². The normalized spacial score (nSPS) is 21.1. The quantitative estimate of drug-likeness (QED) is 0.939. The van der Waals surface area contributed by atoms with Crippen molar-refractivity contribution >= 4 is 17.3 Å². The molecular weight excluding hydrogens is 274 g/mol. The first-order chi connectivity index (χ1) is 9.66. The van der Waals surface area contributed by atoms with Crippen molar-refractivity contribution in [3.8, 4) is 0 Å². The largest absolute Gasteiger partial charge is 0.480 e. The molecule has 1 saturated heterocycles. The summed E-state index contributed by atoms with van der Waals surface area (Å²) in [5.41, 5.74) is 0. The van der Waals surface area contributed by atoms with Crippen molar-refractivity contribution in [2.75, 3.05) is 6.54 Å². The molecule has 1 aliphatic heterocycles. The molecule has 0 amide bonds. The summed E-state index contributed by atoms with van der Waals surface area (Å²) in [6.45, 7) is 2.85. The number of hydrogen-bond donors (Lipinski definition) is 1. The number of carboxylic acid groups (broad SMARTS) is 1. The summed E-state index contributed by atoms with van der Waals surface area (Å²) >= 11 is 1.70. The van der Waals surface area contributed by atoms with E-state index in [9.17, 15) is 9.90 Å². The van der Waals surface area contributed by atoms with Crippen LogP contribution in [0.5, 0.6) is 0 Å². The van der Waals surface area contributed by atoms with Gasteiger partial charge in [-0.25, -0.2) is 0 Å². The van der Waals surface area contributed by atoms with Crippen LogP contribution in [0.25, 0.3) is 0 Å². The van der Waals surface area contributed by atoms with Crippen molar-refractivity contribution in [3.05, 3.63) is 46.0 Å². The van der Waals surface area contributed by atoms with E-state index in [1.807, 2.05) is 17.0 Å². The number of likely N-dealkylation sites (tertiary alicyclic amines) is 1. The number of nitrogens with zero attached hydrogens (tertiary/aromatic N) is 1. The van der Waals surface area contributed by atoms with E-state index in [4.69, 9.17) is 4.42 Å². The van der Waals surface area contributed by atoms with Crippen molar-refractivity contribution in [1.82, 2.24) is 4.90 Å². The predicted molar refractivity (Wildman–Crippen MR) is 77.0 cm³/mol. The number of thiophene rings is 1. The zero-order chi connectivity index (χ0) is 14.1. The molecule has 4 nitrogen and oxygen atoms in total. The van der Waals surface area contributed by atoms with E-state index in [1.54, 1.807) is 17.6 Å². The molecular formula is C15H17NO3S. The molecule has 20 heavy (non-hydrogen) atoms. The highest BCUT2D eigenvalue weighted by atomic mass is 32.1. The van der Waals surface area contributed by atoms with Crippen LogP contribution in [0.15, 0.2) is 34.9 Å². The average molecular weight is 291 g/mol. The first-order valence-corrected chi connectivity index (χ1v) is 7.57. The molecule has 0 bridgehead atoms. The molecule has 2 aromatic heterocycles. The van der Waals surface area contributed by atoms with E-state index < -0.39 is 12.0 Å². The fraction of sp³-hybridized carbons (Fsp3) is 0.400. The van der Waals surface area contributed by atoms with Gasteiger partial charge in [-0.05, 0) is 44.0 Å². The van der Waals surface area contributed by atoms with Gasteiger partial charge in [-0.1, -0.05) is 0 Å². The number of rotatable bonds is 4. The minimum absolute atomic E-state index is 0.0905. The van der Waals surface area contributed by atoms with E-state index in [1.165, 1.54) is 4.88 Å². The number of aliphatic carboxylic acids is 1. The third-order valence-electron chi connectivity index (χ3n) is 3.75. The Kier molecular flexibility index (Phi) is 3.63. The lowest BCUT2D eigenvalue weighted by atomic mass is 10.1. The van der Waals surface area contributed by atoms with Crippen molar-refractivity contribution in [2.45, 2.75) is 31.8 Å². The molecule has 106 valence electrons. The maximum atomic E-state index is 11.5. The maximum Gasteiger partial charge on any atom is 0.320 e. The van der Waals surface area contributed by atoms with Gasteiger partial charge in [-0.2, -0.15) is 0 Å². The molecule has 0 aliphatic carbocycles. The Morgan fingerprint density at radius 2 is 2.35 bits per heavy atom. The van der Waals surface area contributed by atoms with Crippen LogP contribution in [0.2, 0.25) is 0 Å². The van der Waals surface area contributed by atoms with Crippen LogP contribution in [-0.2, 0) is 4.79 Å². The minimum Gasteiger partial charge on any atom is -0.480 e. The Morgan fingerprint density at radius 1 is 1.50 bits per heavy atom. The maximum absolute atomic E-state index is 11.5. The molecule has 2 unspecified atom stereocenters. The van der Waals surface area contributed by atoms with Crippen LogP contribution in [0.3, 0.4) is 0 Å². The second kappa shape index (κ2) is 5.42. The van der Waals surface area contributed by atoms with Crippen LogP contribution in [0, 0.1) is 6.92 Å². The Bertz CT molecular complexity index is 590. The molecule has 1 aliphatic rings. The third-order valence-corrected chi connectivity index (χ3v) is 4.81. The van der Waals surface area contributed by atoms with E-state index in [2.05, 4.69) is 19.1 Å². The van der Waals surface area contributed by atoms with Crippen molar-refractivity contribution < 1.29 is 14.3 Å². The summed E-state index contributed by atoms with van der Waals surface area (Å²) in [7, 11) is 0. The zero-order valence-corrected chi connectivity index (χ0v) is 12.1. The standard InChI is InChI=1S/C15H17NO3S/c1-10-6-7-13(20-10)14(12-5-3-9-19-12)16-8-2-4-11(16)15(17)18/h3,5-7,9,11,14H,2,4,8H2,1H3,(H,17,18). The molecule has 1 N–H and O–H groups in total. The lowest BCUT2D eigenvalue weighted by Gasteiger charge is -2.29. The van der Waals surface area contributed by atoms with Crippen molar-refractivity contribution in [2.24, 2.45) is 0 Å². The Hall–Kier alpha value is -1.59. The molecule has 1 fully saturated rings. The Balaban J connectivity index is 2.00. The molecule has 2 atom stereocenters. The smallest absolute Gasteiger partial charge is 0.320 e. The minimum atomic E-state index is -0.743. The fourth-order valence-electron chi connectivity index (χ4n) is 2.88. The molecule has 3 heterocycles. The van der Waals surface area contributed by atoms with Gasteiger partial charge >= 0.3 is 5.97 Å². The Morgan fingerprint density at radius 3 is 2.95 bits per heavy atom. The van der Waals surface area contributed by atoms with Gasteiger partial charge < -0.3 is 9.52 Å². The number of aryl methyl sites for hydroxylation is 1.